The molecule has 4 heteroatoms. The van der Waals surface area contributed by atoms with E-state index in [-0.39, 0.29) is 5.91 Å². The van der Waals surface area contributed by atoms with Gasteiger partial charge < -0.3 is 14.9 Å². The Morgan fingerprint density at radius 2 is 2.26 bits per heavy atom. The summed E-state index contributed by atoms with van der Waals surface area (Å²) < 4.78 is 0. The van der Waals surface area contributed by atoms with Crippen LogP contribution in [0.3, 0.4) is 0 Å². The molecular formula is C15H18N2O2. The Labute approximate surface area is 112 Å². The highest BCUT2D eigenvalue weighted by Gasteiger charge is 2.35. The number of anilines is 2. The molecule has 1 saturated carbocycles. The number of benzene rings is 1. The van der Waals surface area contributed by atoms with Crippen molar-refractivity contribution in [2.45, 2.75) is 25.0 Å². The van der Waals surface area contributed by atoms with Crippen LogP contribution in [0.2, 0.25) is 0 Å². The van der Waals surface area contributed by atoms with E-state index in [1.165, 1.54) is 17.7 Å². The van der Waals surface area contributed by atoms with E-state index < -0.39 is 6.10 Å². The molecule has 1 aliphatic carbocycles. The van der Waals surface area contributed by atoms with Gasteiger partial charge in [0, 0.05) is 30.9 Å². The molecule has 1 N–H and O–H groups in total. The predicted molar refractivity (Wildman–Crippen MR) is 75.4 cm³/mol. The minimum absolute atomic E-state index is 0.256. The van der Waals surface area contributed by atoms with Crippen molar-refractivity contribution in [3.05, 3.63) is 36.4 Å². The highest BCUT2D eigenvalue weighted by molar-refractivity contribution is 6.03. The zero-order valence-electron chi connectivity index (χ0n) is 11.0. The average molecular weight is 258 g/mol. The number of aliphatic hydroxyl groups excluding tert-OH is 1. The third kappa shape index (κ3) is 1.92. The molecule has 1 unspecified atom stereocenters. The highest BCUT2D eigenvalue weighted by atomic mass is 16.3. The van der Waals surface area contributed by atoms with Gasteiger partial charge in [-0.1, -0.05) is 12.1 Å². The molecule has 1 atom stereocenters. The number of rotatable bonds is 4. The topological polar surface area (TPSA) is 43.8 Å². The molecular weight excluding hydrogens is 240 g/mol. The average Bonchev–Trinajstić information content (AvgIpc) is 3.23. The van der Waals surface area contributed by atoms with Gasteiger partial charge in [0.25, 0.3) is 5.91 Å². The van der Waals surface area contributed by atoms with Crippen LogP contribution in [0, 0.1) is 0 Å². The van der Waals surface area contributed by atoms with Crippen LogP contribution in [0.4, 0.5) is 11.4 Å². The number of amides is 1. The van der Waals surface area contributed by atoms with Gasteiger partial charge in [-0.3, -0.25) is 4.79 Å². The lowest BCUT2D eigenvalue weighted by molar-refractivity contribution is -0.125. The largest absolute Gasteiger partial charge is 0.378 e. The first kappa shape index (κ1) is 12.2. The Hall–Kier alpha value is -1.81. The monoisotopic (exact) mass is 258 g/mol. The maximum atomic E-state index is 11.8. The molecule has 1 aliphatic heterocycles. The normalized spacial score (nSPS) is 21.5. The first-order valence-electron chi connectivity index (χ1n) is 6.60. The van der Waals surface area contributed by atoms with E-state index >= 15 is 0 Å². The van der Waals surface area contributed by atoms with Gasteiger partial charge in [-0.15, -0.1) is 6.58 Å². The van der Waals surface area contributed by atoms with Crippen LogP contribution in [-0.4, -0.2) is 30.6 Å². The van der Waals surface area contributed by atoms with Gasteiger partial charge in [-0.25, -0.2) is 0 Å². The molecule has 0 saturated heterocycles. The molecule has 1 amide bonds. The number of hydrogen-bond donors (Lipinski definition) is 1. The van der Waals surface area contributed by atoms with Gasteiger partial charge in [0.15, 0.2) is 6.10 Å². The number of hydrogen-bond acceptors (Lipinski definition) is 3. The van der Waals surface area contributed by atoms with Crippen LogP contribution >= 0.6 is 0 Å². The second kappa shape index (κ2) is 4.38. The summed E-state index contributed by atoms with van der Waals surface area (Å²) in [6, 6.07) is 6.42. The summed E-state index contributed by atoms with van der Waals surface area (Å²) in [5, 5.41) is 9.85. The van der Waals surface area contributed by atoms with Gasteiger partial charge in [0.1, 0.15) is 0 Å². The molecule has 0 radical (unpaired) electrons. The predicted octanol–water partition coefficient (Wildman–Crippen LogP) is 1.85. The van der Waals surface area contributed by atoms with Gasteiger partial charge in [-0.2, -0.15) is 0 Å². The molecule has 2 aliphatic rings. The summed E-state index contributed by atoms with van der Waals surface area (Å²) >= 11 is 0. The van der Waals surface area contributed by atoms with Crippen molar-refractivity contribution in [3.8, 4) is 0 Å². The van der Waals surface area contributed by atoms with E-state index in [0.717, 1.165) is 17.9 Å². The van der Waals surface area contributed by atoms with Gasteiger partial charge >= 0.3 is 0 Å². The zero-order chi connectivity index (χ0) is 13.6. The van der Waals surface area contributed by atoms with Crippen LogP contribution in [0.15, 0.2) is 30.9 Å². The van der Waals surface area contributed by atoms with Crippen molar-refractivity contribution in [3.63, 3.8) is 0 Å². The molecule has 1 fully saturated rings. The quantitative estimate of drug-likeness (QED) is 0.838. The van der Waals surface area contributed by atoms with Gasteiger partial charge in [0.2, 0.25) is 0 Å². The molecule has 0 spiro atoms. The SMILES string of the molecule is C=CCN(c1ccc2c(c1)N(C)C(=O)C2O)C1CC1. The standard InChI is InChI=1S/C15H18N2O2/c1-3-8-17(10-4-5-10)11-6-7-12-13(9-11)16(2)15(19)14(12)18/h3,6-7,9-10,14,18H,1,4-5,8H2,2H3. The number of fused-ring (bicyclic) bond motifs is 1. The molecule has 19 heavy (non-hydrogen) atoms. The number of aliphatic hydroxyl groups is 1. The Kier molecular flexibility index (Phi) is 2.82. The van der Waals surface area contributed by atoms with Crippen molar-refractivity contribution in [1.29, 1.82) is 0 Å². The van der Waals surface area contributed by atoms with Crippen LogP contribution in [0.25, 0.3) is 0 Å². The second-order valence-corrected chi connectivity index (χ2v) is 5.22. The first-order valence-corrected chi connectivity index (χ1v) is 6.60. The van der Waals surface area contributed by atoms with Crippen LogP contribution < -0.4 is 9.80 Å². The lowest BCUT2D eigenvalue weighted by atomic mass is 10.1. The second-order valence-electron chi connectivity index (χ2n) is 5.22. The lowest BCUT2D eigenvalue weighted by Crippen LogP contribution is -2.26. The van der Waals surface area contributed by atoms with E-state index in [2.05, 4.69) is 11.5 Å². The molecule has 3 rings (SSSR count). The lowest BCUT2D eigenvalue weighted by Gasteiger charge is -2.24. The van der Waals surface area contributed by atoms with Gasteiger partial charge in [0.05, 0.1) is 5.69 Å². The highest BCUT2D eigenvalue weighted by Crippen LogP contribution is 2.39. The minimum atomic E-state index is -1.01. The smallest absolute Gasteiger partial charge is 0.260 e. The summed E-state index contributed by atoms with van der Waals surface area (Å²) in [6.45, 7) is 4.61. The molecule has 1 aromatic rings. The third-order valence-corrected chi connectivity index (χ3v) is 3.88. The number of carbonyl (C=O) groups is 1. The Balaban J connectivity index is 1.97. The van der Waals surface area contributed by atoms with E-state index in [1.807, 2.05) is 24.3 Å². The molecule has 1 heterocycles. The minimum Gasteiger partial charge on any atom is -0.378 e. The molecule has 1 aromatic carbocycles. The van der Waals surface area contributed by atoms with Crippen LogP contribution in [0.5, 0.6) is 0 Å². The fourth-order valence-electron chi connectivity index (χ4n) is 2.66. The summed E-state index contributed by atoms with van der Waals surface area (Å²) in [5.74, 6) is -0.256. The van der Waals surface area contributed by atoms with Crippen molar-refractivity contribution >= 4 is 17.3 Å². The maximum Gasteiger partial charge on any atom is 0.260 e. The summed E-state index contributed by atoms with van der Waals surface area (Å²) in [6.07, 6.45) is 3.31. The number of nitrogens with zero attached hydrogens (tertiary/aromatic N) is 2. The number of carbonyl (C=O) groups excluding carboxylic acids is 1. The fraction of sp³-hybridized carbons (Fsp3) is 0.400. The molecule has 0 bridgehead atoms. The molecule has 100 valence electrons. The molecule has 0 aromatic heterocycles. The Morgan fingerprint density at radius 3 is 2.89 bits per heavy atom. The van der Waals surface area contributed by atoms with E-state index in [9.17, 15) is 9.90 Å². The van der Waals surface area contributed by atoms with Crippen LogP contribution in [0.1, 0.15) is 24.5 Å². The van der Waals surface area contributed by atoms with Crippen molar-refractivity contribution in [1.82, 2.24) is 0 Å². The number of likely N-dealkylation sites (N-methyl/N-ethyl adjacent to an activating group) is 1. The van der Waals surface area contributed by atoms with Crippen molar-refractivity contribution in [2.24, 2.45) is 0 Å². The maximum absolute atomic E-state index is 11.8. The Morgan fingerprint density at radius 1 is 1.53 bits per heavy atom. The first-order chi connectivity index (χ1) is 9.13. The van der Waals surface area contributed by atoms with Crippen molar-refractivity contribution < 1.29 is 9.90 Å². The molecule has 4 nitrogen and oxygen atoms in total. The van der Waals surface area contributed by atoms with E-state index in [4.69, 9.17) is 0 Å². The van der Waals surface area contributed by atoms with Gasteiger partial charge in [-0.05, 0) is 25.0 Å². The Bertz CT molecular complexity index is 537. The van der Waals surface area contributed by atoms with Crippen molar-refractivity contribution in [2.75, 3.05) is 23.4 Å². The zero-order valence-corrected chi connectivity index (χ0v) is 11.0. The van der Waals surface area contributed by atoms with E-state index in [1.54, 1.807) is 7.05 Å². The fourth-order valence-corrected chi connectivity index (χ4v) is 2.66. The third-order valence-electron chi connectivity index (χ3n) is 3.88. The van der Waals surface area contributed by atoms with E-state index in [0.29, 0.717) is 11.6 Å². The summed E-state index contributed by atoms with van der Waals surface area (Å²) in [7, 11) is 1.70. The van der Waals surface area contributed by atoms with Crippen LogP contribution in [-0.2, 0) is 4.79 Å². The summed E-state index contributed by atoms with van der Waals surface area (Å²) in [5.41, 5.74) is 2.60. The summed E-state index contributed by atoms with van der Waals surface area (Å²) in [4.78, 5) is 15.6.